The van der Waals surface area contributed by atoms with Gasteiger partial charge in [-0.1, -0.05) is 18.2 Å². The maximum absolute atomic E-state index is 13.3. The third-order valence-corrected chi connectivity index (χ3v) is 7.97. The Balaban J connectivity index is 0.00000277. The summed E-state index contributed by atoms with van der Waals surface area (Å²) in [6, 6.07) is 7.95. The van der Waals surface area contributed by atoms with Gasteiger partial charge in [-0.25, -0.2) is 4.79 Å². The number of urea groups is 1. The van der Waals surface area contributed by atoms with Crippen molar-refractivity contribution < 1.29 is 18.8 Å². The minimum Gasteiger partial charge on any atom is -0.464 e. The molecule has 3 aliphatic rings. The summed E-state index contributed by atoms with van der Waals surface area (Å²) in [5, 5.41) is 4.16. The van der Waals surface area contributed by atoms with Crippen LogP contribution in [-0.2, 0) is 22.6 Å². The van der Waals surface area contributed by atoms with Crippen LogP contribution < -0.4 is 5.32 Å². The van der Waals surface area contributed by atoms with E-state index < -0.39 is 11.8 Å². The molecule has 10 heteroatoms. The standard InChI is InChI=1S/C29H27N5O4.ClH/c35-27-23(21-16-30-15-19-8-14-38-26(19)21)24(28(36)31-27)22-17-34-13-12-33(29(37)32-9-2-1-3-10-32)11-7-18-5-4-6-20(22)25(18)34;/h4-6,8,14-17H,1-3,7,9-13H2,(H,31,35,36);1H. The molecule has 0 bridgehead atoms. The predicted molar refractivity (Wildman–Crippen MR) is 149 cm³/mol. The number of halogens is 1. The summed E-state index contributed by atoms with van der Waals surface area (Å²) >= 11 is 0. The molecule has 0 atom stereocenters. The number of nitrogens with one attached hydrogen (secondary N) is 1. The smallest absolute Gasteiger partial charge is 0.320 e. The van der Waals surface area contributed by atoms with E-state index in [1.807, 2.05) is 28.1 Å². The molecule has 4 aromatic rings. The first-order valence-corrected chi connectivity index (χ1v) is 13.2. The number of aromatic nitrogens is 2. The zero-order chi connectivity index (χ0) is 25.8. The lowest BCUT2D eigenvalue weighted by Crippen LogP contribution is -2.47. The molecule has 1 saturated heterocycles. The number of rotatable bonds is 2. The van der Waals surface area contributed by atoms with Gasteiger partial charge in [-0.15, -0.1) is 12.4 Å². The third-order valence-electron chi connectivity index (χ3n) is 7.97. The highest BCUT2D eigenvalue weighted by atomic mass is 35.5. The second-order valence-corrected chi connectivity index (χ2v) is 10.2. The SMILES string of the molecule is Cl.O=C1NC(=O)C(c2cncc3ccoc23)=C1c1cn2c3c(cccc13)CCN(C(=O)N1CCCCC1)CC2. The van der Waals surface area contributed by atoms with Crippen LogP contribution in [0.3, 0.4) is 0 Å². The lowest BCUT2D eigenvalue weighted by Gasteiger charge is -2.34. The summed E-state index contributed by atoms with van der Waals surface area (Å²) in [7, 11) is 0. The zero-order valence-electron chi connectivity index (χ0n) is 21.3. The van der Waals surface area contributed by atoms with E-state index >= 15 is 0 Å². The number of carbonyl (C=O) groups is 3. The van der Waals surface area contributed by atoms with Crippen molar-refractivity contribution in [2.24, 2.45) is 0 Å². The van der Waals surface area contributed by atoms with Crippen LogP contribution in [0.2, 0.25) is 0 Å². The number of hydrogen-bond donors (Lipinski definition) is 1. The first kappa shape index (κ1) is 25.2. The molecule has 9 nitrogen and oxygen atoms in total. The lowest BCUT2D eigenvalue weighted by molar-refractivity contribution is -0.122. The summed E-state index contributed by atoms with van der Waals surface area (Å²) in [5.41, 5.74) is 4.45. The van der Waals surface area contributed by atoms with E-state index in [9.17, 15) is 14.4 Å². The van der Waals surface area contributed by atoms with Gasteiger partial charge in [0.05, 0.1) is 22.9 Å². The van der Waals surface area contributed by atoms with Crippen LogP contribution in [0.25, 0.3) is 33.0 Å². The van der Waals surface area contributed by atoms with Crippen LogP contribution in [0.5, 0.6) is 0 Å². The van der Waals surface area contributed by atoms with Crippen molar-refractivity contribution in [3.05, 3.63) is 65.8 Å². The molecular weight excluding hydrogens is 518 g/mol. The number of furan rings is 1. The van der Waals surface area contributed by atoms with Crippen LogP contribution in [0.4, 0.5) is 4.79 Å². The number of para-hydroxylation sites is 1. The second kappa shape index (κ2) is 9.89. The van der Waals surface area contributed by atoms with E-state index in [0.29, 0.717) is 48.3 Å². The molecule has 0 spiro atoms. The van der Waals surface area contributed by atoms with Gasteiger partial charge < -0.3 is 18.8 Å². The molecule has 7 rings (SSSR count). The van der Waals surface area contributed by atoms with Crippen LogP contribution in [-0.4, -0.2) is 63.4 Å². The van der Waals surface area contributed by atoms with Gasteiger partial charge in [0.15, 0.2) is 0 Å². The topological polar surface area (TPSA) is 101 Å². The Morgan fingerprint density at radius 2 is 1.64 bits per heavy atom. The van der Waals surface area contributed by atoms with Crippen molar-refractivity contribution in [1.29, 1.82) is 0 Å². The van der Waals surface area contributed by atoms with E-state index in [1.54, 1.807) is 24.7 Å². The van der Waals surface area contributed by atoms with Crippen LogP contribution in [0, 0.1) is 0 Å². The minimum absolute atomic E-state index is 0. The second-order valence-electron chi connectivity index (χ2n) is 10.2. The molecule has 3 aliphatic heterocycles. The Labute approximate surface area is 230 Å². The zero-order valence-corrected chi connectivity index (χ0v) is 22.1. The monoisotopic (exact) mass is 545 g/mol. The summed E-state index contributed by atoms with van der Waals surface area (Å²) in [6.45, 7) is 3.47. The highest BCUT2D eigenvalue weighted by Crippen LogP contribution is 2.39. The van der Waals surface area contributed by atoms with Gasteiger partial charge in [0.1, 0.15) is 5.58 Å². The molecule has 1 aromatic carbocycles. The van der Waals surface area contributed by atoms with Gasteiger partial charge >= 0.3 is 6.03 Å². The summed E-state index contributed by atoms with van der Waals surface area (Å²) in [5.74, 6) is -0.898. The quantitative estimate of drug-likeness (QED) is 0.380. The van der Waals surface area contributed by atoms with Crippen molar-refractivity contribution in [2.75, 3.05) is 26.2 Å². The van der Waals surface area contributed by atoms with Crippen molar-refractivity contribution in [1.82, 2.24) is 24.7 Å². The number of piperidine rings is 1. The molecule has 0 aliphatic carbocycles. The largest absolute Gasteiger partial charge is 0.464 e. The molecule has 1 fully saturated rings. The van der Waals surface area contributed by atoms with E-state index in [2.05, 4.69) is 20.9 Å². The molecule has 6 heterocycles. The van der Waals surface area contributed by atoms with Crippen molar-refractivity contribution in [3.63, 3.8) is 0 Å². The Morgan fingerprint density at radius 1 is 0.872 bits per heavy atom. The van der Waals surface area contributed by atoms with E-state index in [4.69, 9.17) is 4.42 Å². The Hall–Kier alpha value is -4.11. The first-order chi connectivity index (χ1) is 18.6. The number of benzene rings is 1. The fraction of sp³-hybridized carbons (Fsp3) is 0.310. The molecule has 4 amide bonds. The molecule has 0 radical (unpaired) electrons. The van der Waals surface area contributed by atoms with Crippen LogP contribution in [0.15, 0.2) is 53.5 Å². The summed E-state index contributed by atoms with van der Waals surface area (Å²) in [4.78, 5) is 47.8. The maximum Gasteiger partial charge on any atom is 0.320 e. The van der Waals surface area contributed by atoms with Gasteiger partial charge in [0.25, 0.3) is 11.8 Å². The lowest BCUT2D eigenvalue weighted by atomic mass is 9.95. The molecule has 0 unspecified atom stereocenters. The molecule has 200 valence electrons. The highest BCUT2D eigenvalue weighted by Gasteiger charge is 2.36. The van der Waals surface area contributed by atoms with Gasteiger partial charge in [-0.3, -0.25) is 19.9 Å². The number of carbonyl (C=O) groups excluding carboxylic acids is 3. The average molecular weight is 546 g/mol. The van der Waals surface area contributed by atoms with Crippen molar-refractivity contribution >= 4 is 63.3 Å². The first-order valence-electron chi connectivity index (χ1n) is 13.2. The Kier molecular flexibility index (Phi) is 6.38. The maximum atomic E-state index is 13.3. The fourth-order valence-corrected chi connectivity index (χ4v) is 6.12. The Morgan fingerprint density at radius 3 is 2.46 bits per heavy atom. The third kappa shape index (κ3) is 4.08. The number of amides is 4. The van der Waals surface area contributed by atoms with Crippen LogP contribution >= 0.6 is 12.4 Å². The molecule has 3 aromatic heterocycles. The van der Waals surface area contributed by atoms with Gasteiger partial charge in [0, 0.05) is 73.2 Å². The summed E-state index contributed by atoms with van der Waals surface area (Å²) < 4.78 is 7.80. The number of nitrogens with zero attached hydrogens (tertiary/aromatic N) is 4. The number of likely N-dealkylation sites (tertiary alicyclic amines) is 1. The highest BCUT2D eigenvalue weighted by molar-refractivity contribution is 6.50. The van der Waals surface area contributed by atoms with Crippen molar-refractivity contribution in [2.45, 2.75) is 32.2 Å². The van der Waals surface area contributed by atoms with Gasteiger partial charge in [-0.2, -0.15) is 0 Å². The summed E-state index contributed by atoms with van der Waals surface area (Å²) in [6.07, 6.45) is 10.8. The molecular formula is C29H28ClN5O4. The number of hydrogen-bond acceptors (Lipinski definition) is 5. The van der Waals surface area contributed by atoms with E-state index in [0.717, 1.165) is 47.8 Å². The van der Waals surface area contributed by atoms with Gasteiger partial charge in [0.2, 0.25) is 0 Å². The minimum atomic E-state index is -0.463. The Bertz CT molecular complexity index is 1660. The molecule has 0 saturated carbocycles. The van der Waals surface area contributed by atoms with Crippen LogP contribution in [0.1, 0.15) is 36.0 Å². The number of pyridine rings is 1. The van der Waals surface area contributed by atoms with Crippen molar-refractivity contribution in [3.8, 4) is 0 Å². The van der Waals surface area contributed by atoms with Gasteiger partial charge in [-0.05, 0) is 37.3 Å². The molecule has 39 heavy (non-hydrogen) atoms. The number of fused-ring (bicyclic) bond motifs is 1. The fourth-order valence-electron chi connectivity index (χ4n) is 6.12. The predicted octanol–water partition coefficient (Wildman–Crippen LogP) is 4.24. The molecule has 1 N–H and O–H groups in total. The van der Waals surface area contributed by atoms with E-state index in [-0.39, 0.29) is 24.0 Å². The number of imide groups is 1. The average Bonchev–Trinajstić information content (AvgIpc) is 3.63. The van der Waals surface area contributed by atoms with E-state index in [1.165, 1.54) is 6.42 Å². The normalized spacial score (nSPS) is 17.8.